The quantitative estimate of drug-likeness (QED) is 0.627. The predicted molar refractivity (Wildman–Crippen MR) is 54.7 cm³/mol. The zero-order chi connectivity index (χ0) is 12.1. The van der Waals surface area contributed by atoms with Crippen LogP contribution in [0.4, 0.5) is 0 Å². The zero-order valence-electron chi connectivity index (χ0n) is 8.46. The van der Waals surface area contributed by atoms with Gasteiger partial charge in [0.05, 0.1) is 5.56 Å². The summed E-state index contributed by atoms with van der Waals surface area (Å²) in [4.78, 5) is 25.0. The molecule has 1 aromatic rings. The van der Waals surface area contributed by atoms with E-state index in [-0.39, 0.29) is 12.0 Å². The van der Waals surface area contributed by atoms with E-state index in [1.807, 2.05) is 0 Å². The topological polar surface area (TPSA) is 114 Å². The molecule has 6 nitrogen and oxygen atoms in total. The summed E-state index contributed by atoms with van der Waals surface area (Å²) in [7, 11) is 0. The average molecular weight is 224 g/mol. The van der Waals surface area contributed by atoms with Crippen molar-refractivity contribution in [3.8, 4) is 0 Å². The van der Waals surface area contributed by atoms with Gasteiger partial charge in [0, 0.05) is 12.4 Å². The number of aryl methyl sites for hydroxylation is 1. The second-order valence-corrected chi connectivity index (χ2v) is 3.34. The summed E-state index contributed by atoms with van der Waals surface area (Å²) in [6.07, 6.45) is 1.82. The Morgan fingerprint density at radius 2 is 2.12 bits per heavy atom. The summed E-state index contributed by atoms with van der Waals surface area (Å²) < 4.78 is 0. The number of aliphatic carboxylic acids is 1. The molecule has 1 amide bonds. The van der Waals surface area contributed by atoms with Crippen LogP contribution in [0.25, 0.3) is 0 Å². The molecule has 0 aromatic carbocycles. The SMILES string of the molecule is NC(=O)c1cncc(CCC(O)C(=O)O)c1. The van der Waals surface area contributed by atoms with Gasteiger partial charge in [0.1, 0.15) is 0 Å². The lowest BCUT2D eigenvalue weighted by Gasteiger charge is -2.05. The Labute approximate surface area is 91.7 Å². The first-order chi connectivity index (χ1) is 7.50. The fraction of sp³-hybridized carbons (Fsp3) is 0.300. The number of carboxylic acid groups (broad SMARTS) is 1. The number of nitrogens with zero attached hydrogens (tertiary/aromatic N) is 1. The second kappa shape index (κ2) is 5.22. The van der Waals surface area contributed by atoms with Gasteiger partial charge in [0.15, 0.2) is 6.10 Å². The Hall–Kier alpha value is -1.95. The van der Waals surface area contributed by atoms with Crippen molar-refractivity contribution in [2.75, 3.05) is 0 Å². The number of hydrogen-bond donors (Lipinski definition) is 3. The molecule has 1 aromatic heterocycles. The molecule has 1 unspecified atom stereocenters. The minimum atomic E-state index is -1.41. The molecule has 86 valence electrons. The monoisotopic (exact) mass is 224 g/mol. The Balaban J connectivity index is 2.64. The number of carbonyl (C=O) groups excluding carboxylic acids is 1. The minimum Gasteiger partial charge on any atom is -0.479 e. The standard InChI is InChI=1S/C10H12N2O4/c11-9(14)7-3-6(4-12-5-7)1-2-8(13)10(15)16/h3-5,8,13H,1-2H2,(H2,11,14)(H,15,16). The third kappa shape index (κ3) is 3.32. The van der Waals surface area contributed by atoms with Crippen LogP contribution in [0.5, 0.6) is 0 Å². The average Bonchev–Trinajstić information content (AvgIpc) is 2.26. The first-order valence-electron chi connectivity index (χ1n) is 4.65. The van der Waals surface area contributed by atoms with Gasteiger partial charge in [0.25, 0.3) is 0 Å². The molecule has 0 spiro atoms. The number of aliphatic hydroxyl groups is 1. The maximum absolute atomic E-state index is 10.8. The Morgan fingerprint density at radius 1 is 1.44 bits per heavy atom. The first-order valence-corrected chi connectivity index (χ1v) is 4.65. The van der Waals surface area contributed by atoms with Gasteiger partial charge in [0.2, 0.25) is 5.91 Å². The molecule has 4 N–H and O–H groups in total. The van der Waals surface area contributed by atoms with Crippen molar-refractivity contribution in [2.24, 2.45) is 5.73 Å². The number of primary amides is 1. The highest BCUT2D eigenvalue weighted by atomic mass is 16.4. The lowest BCUT2D eigenvalue weighted by Crippen LogP contribution is -2.20. The number of pyridine rings is 1. The van der Waals surface area contributed by atoms with Crippen molar-refractivity contribution in [1.82, 2.24) is 4.98 Å². The van der Waals surface area contributed by atoms with Crippen molar-refractivity contribution >= 4 is 11.9 Å². The normalized spacial score (nSPS) is 12.1. The van der Waals surface area contributed by atoms with Gasteiger partial charge in [-0.25, -0.2) is 4.79 Å². The van der Waals surface area contributed by atoms with E-state index in [0.29, 0.717) is 12.0 Å². The van der Waals surface area contributed by atoms with E-state index in [1.165, 1.54) is 18.5 Å². The molecule has 0 saturated carbocycles. The van der Waals surface area contributed by atoms with E-state index < -0.39 is 18.0 Å². The fourth-order valence-corrected chi connectivity index (χ4v) is 1.19. The molecule has 1 rings (SSSR count). The van der Waals surface area contributed by atoms with E-state index in [4.69, 9.17) is 15.9 Å². The smallest absolute Gasteiger partial charge is 0.332 e. The summed E-state index contributed by atoms with van der Waals surface area (Å²) in [5, 5.41) is 17.5. The van der Waals surface area contributed by atoms with Gasteiger partial charge in [-0.1, -0.05) is 0 Å². The molecule has 0 aliphatic carbocycles. The number of nitrogens with two attached hydrogens (primary N) is 1. The molecule has 0 saturated heterocycles. The van der Waals surface area contributed by atoms with E-state index in [1.54, 1.807) is 0 Å². The van der Waals surface area contributed by atoms with Crippen LogP contribution < -0.4 is 5.73 Å². The number of rotatable bonds is 5. The van der Waals surface area contributed by atoms with E-state index in [2.05, 4.69) is 4.98 Å². The van der Waals surface area contributed by atoms with Gasteiger partial charge in [-0.3, -0.25) is 9.78 Å². The van der Waals surface area contributed by atoms with Gasteiger partial charge in [-0.15, -0.1) is 0 Å². The second-order valence-electron chi connectivity index (χ2n) is 3.34. The van der Waals surface area contributed by atoms with Crippen LogP contribution in [-0.2, 0) is 11.2 Å². The van der Waals surface area contributed by atoms with Crippen molar-refractivity contribution in [2.45, 2.75) is 18.9 Å². The molecule has 0 aliphatic heterocycles. The Kier molecular flexibility index (Phi) is 3.96. The van der Waals surface area contributed by atoms with Crippen LogP contribution in [0.3, 0.4) is 0 Å². The number of hydrogen-bond acceptors (Lipinski definition) is 4. The molecule has 0 aliphatic rings. The summed E-state index contributed by atoms with van der Waals surface area (Å²) in [6.45, 7) is 0. The largest absolute Gasteiger partial charge is 0.479 e. The van der Waals surface area contributed by atoms with Crippen LogP contribution >= 0.6 is 0 Å². The summed E-state index contributed by atoms with van der Waals surface area (Å²) in [5.41, 5.74) is 5.99. The van der Waals surface area contributed by atoms with Gasteiger partial charge in [-0.2, -0.15) is 0 Å². The number of amides is 1. The molecular weight excluding hydrogens is 212 g/mol. The summed E-state index contributed by atoms with van der Waals surface area (Å²) in [5.74, 6) is -1.85. The van der Waals surface area contributed by atoms with E-state index >= 15 is 0 Å². The predicted octanol–water partition coefficient (Wildman–Crippen LogP) is -0.441. The molecular formula is C10H12N2O4. The number of carboxylic acids is 1. The van der Waals surface area contributed by atoms with Crippen LogP contribution in [0.2, 0.25) is 0 Å². The van der Waals surface area contributed by atoms with Crippen LogP contribution in [0.15, 0.2) is 18.5 Å². The maximum atomic E-state index is 10.8. The third-order valence-electron chi connectivity index (χ3n) is 2.07. The van der Waals surface area contributed by atoms with Crippen molar-refractivity contribution in [1.29, 1.82) is 0 Å². The molecule has 0 bridgehead atoms. The minimum absolute atomic E-state index is 0.0687. The highest BCUT2D eigenvalue weighted by molar-refractivity contribution is 5.92. The van der Waals surface area contributed by atoms with Crippen molar-refractivity contribution in [3.63, 3.8) is 0 Å². The summed E-state index contributed by atoms with van der Waals surface area (Å²) >= 11 is 0. The lowest BCUT2D eigenvalue weighted by molar-refractivity contribution is -0.146. The molecule has 6 heteroatoms. The Bertz CT molecular complexity index is 406. The van der Waals surface area contributed by atoms with Crippen LogP contribution in [0.1, 0.15) is 22.3 Å². The Morgan fingerprint density at radius 3 is 2.69 bits per heavy atom. The molecule has 0 fully saturated rings. The van der Waals surface area contributed by atoms with Gasteiger partial charge in [-0.05, 0) is 24.5 Å². The van der Waals surface area contributed by atoms with Gasteiger partial charge >= 0.3 is 5.97 Å². The van der Waals surface area contributed by atoms with Crippen LogP contribution in [-0.4, -0.2) is 33.2 Å². The highest BCUT2D eigenvalue weighted by Gasteiger charge is 2.13. The molecule has 1 heterocycles. The molecule has 0 radical (unpaired) electrons. The van der Waals surface area contributed by atoms with Gasteiger partial charge < -0.3 is 15.9 Å². The van der Waals surface area contributed by atoms with E-state index in [9.17, 15) is 9.59 Å². The first kappa shape index (κ1) is 12.1. The van der Waals surface area contributed by atoms with E-state index in [0.717, 1.165) is 0 Å². The van der Waals surface area contributed by atoms with Crippen LogP contribution in [0, 0.1) is 0 Å². The molecule has 1 atom stereocenters. The van der Waals surface area contributed by atoms with Crippen molar-refractivity contribution in [3.05, 3.63) is 29.6 Å². The lowest BCUT2D eigenvalue weighted by atomic mass is 10.1. The fourth-order valence-electron chi connectivity index (χ4n) is 1.19. The summed E-state index contributed by atoms with van der Waals surface area (Å²) in [6, 6.07) is 1.53. The number of aromatic nitrogens is 1. The number of aliphatic hydroxyl groups excluding tert-OH is 1. The zero-order valence-corrected chi connectivity index (χ0v) is 8.46. The van der Waals surface area contributed by atoms with Crippen molar-refractivity contribution < 1.29 is 19.8 Å². The maximum Gasteiger partial charge on any atom is 0.332 e. The molecule has 16 heavy (non-hydrogen) atoms. The highest BCUT2D eigenvalue weighted by Crippen LogP contribution is 2.07. The third-order valence-corrected chi connectivity index (χ3v) is 2.07. The number of carbonyl (C=O) groups is 2.